The van der Waals surface area contributed by atoms with Crippen LogP contribution in [0.2, 0.25) is 0 Å². The lowest BCUT2D eigenvalue weighted by Crippen LogP contribution is -2.49. The van der Waals surface area contributed by atoms with E-state index in [1.165, 1.54) is 7.11 Å². The molecule has 1 fully saturated rings. The van der Waals surface area contributed by atoms with Gasteiger partial charge in [0.1, 0.15) is 5.82 Å². The molecule has 104 valence electrons. The molecule has 19 heavy (non-hydrogen) atoms. The molecule has 1 aliphatic rings. The molecule has 0 atom stereocenters. The van der Waals surface area contributed by atoms with E-state index in [-0.39, 0.29) is 5.97 Å². The first-order valence-electron chi connectivity index (χ1n) is 6.65. The minimum Gasteiger partial charge on any atom is -0.465 e. The molecule has 0 spiro atoms. The van der Waals surface area contributed by atoms with E-state index < -0.39 is 0 Å². The van der Waals surface area contributed by atoms with E-state index in [1.807, 2.05) is 6.07 Å². The molecule has 1 aromatic heterocycles. The summed E-state index contributed by atoms with van der Waals surface area (Å²) in [6, 6.07) is 4.25. The molecular weight excluding hydrogens is 242 g/mol. The molecule has 5 heteroatoms. The molecule has 0 aromatic carbocycles. The van der Waals surface area contributed by atoms with E-state index in [1.54, 1.807) is 12.3 Å². The lowest BCUT2D eigenvalue weighted by atomic mass is 10.2. The van der Waals surface area contributed by atoms with Gasteiger partial charge in [-0.1, -0.05) is 0 Å². The number of anilines is 1. The first-order valence-corrected chi connectivity index (χ1v) is 6.65. The zero-order valence-electron chi connectivity index (χ0n) is 11.8. The van der Waals surface area contributed by atoms with Crippen LogP contribution in [0.1, 0.15) is 24.2 Å². The molecule has 1 aromatic rings. The number of nitrogens with zero attached hydrogens (tertiary/aromatic N) is 3. The SMILES string of the molecule is COC(=O)c1ccc(N2CCN(C(C)C)CC2)nc1. The topological polar surface area (TPSA) is 45.7 Å². The van der Waals surface area contributed by atoms with Crippen LogP contribution in [0.25, 0.3) is 0 Å². The standard InChI is InChI=1S/C14H21N3O2/c1-11(2)16-6-8-17(9-7-16)13-5-4-12(10-15-13)14(18)19-3/h4-5,10-11H,6-9H2,1-3H3. The molecular formula is C14H21N3O2. The molecule has 1 aliphatic heterocycles. The summed E-state index contributed by atoms with van der Waals surface area (Å²) >= 11 is 0. The summed E-state index contributed by atoms with van der Waals surface area (Å²) in [6.07, 6.45) is 1.58. The zero-order chi connectivity index (χ0) is 13.8. The molecule has 2 rings (SSSR count). The van der Waals surface area contributed by atoms with Crippen molar-refractivity contribution in [3.05, 3.63) is 23.9 Å². The fourth-order valence-electron chi connectivity index (χ4n) is 2.28. The second kappa shape index (κ2) is 6.02. The summed E-state index contributed by atoms with van der Waals surface area (Å²) in [5, 5.41) is 0. The molecule has 0 unspecified atom stereocenters. The number of hydrogen-bond donors (Lipinski definition) is 0. The molecule has 1 saturated heterocycles. The Morgan fingerprint density at radius 1 is 1.26 bits per heavy atom. The van der Waals surface area contributed by atoms with Crippen molar-refractivity contribution in [3.8, 4) is 0 Å². The van der Waals surface area contributed by atoms with Crippen LogP contribution in [0.3, 0.4) is 0 Å². The van der Waals surface area contributed by atoms with Crippen LogP contribution in [0.15, 0.2) is 18.3 Å². The molecule has 0 saturated carbocycles. The van der Waals surface area contributed by atoms with Gasteiger partial charge >= 0.3 is 5.97 Å². The molecule has 0 bridgehead atoms. The van der Waals surface area contributed by atoms with Crippen molar-refractivity contribution in [2.24, 2.45) is 0 Å². The van der Waals surface area contributed by atoms with Crippen molar-refractivity contribution >= 4 is 11.8 Å². The summed E-state index contributed by atoms with van der Waals surface area (Å²) in [5.41, 5.74) is 0.493. The van der Waals surface area contributed by atoms with Crippen molar-refractivity contribution in [2.75, 3.05) is 38.2 Å². The lowest BCUT2D eigenvalue weighted by molar-refractivity contribution is 0.0600. The fourth-order valence-corrected chi connectivity index (χ4v) is 2.28. The maximum Gasteiger partial charge on any atom is 0.339 e. The van der Waals surface area contributed by atoms with Gasteiger partial charge in [0.15, 0.2) is 0 Å². The molecule has 2 heterocycles. The van der Waals surface area contributed by atoms with E-state index in [0.29, 0.717) is 11.6 Å². The van der Waals surface area contributed by atoms with E-state index in [9.17, 15) is 4.79 Å². The monoisotopic (exact) mass is 263 g/mol. The predicted molar refractivity (Wildman–Crippen MR) is 74.5 cm³/mol. The smallest absolute Gasteiger partial charge is 0.339 e. The highest BCUT2D eigenvalue weighted by Gasteiger charge is 2.19. The van der Waals surface area contributed by atoms with E-state index in [0.717, 1.165) is 32.0 Å². The number of piperazine rings is 1. The van der Waals surface area contributed by atoms with Crippen LogP contribution in [-0.4, -0.2) is 55.2 Å². The molecule has 0 amide bonds. The number of methoxy groups -OCH3 is 1. The number of carbonyl (C=O) groups is 1. The van der Waals surface area contributed by atoms with Crippen LogP contribution >= 0.6 is 0 Å². The Morgan fingerprint density at radius 2 is 1.95 bits per heavy atom. The van der Waals surface area contributed by atoms with Gasteiger partial charge < -0.3 is 9.64 Å². The van der Waals surface area contributed by atoms with E-state index >= 15 is 0 Å². The lowest BCUT2D eigenvalue weighted by Gasteiger charge is -2.37. The number of rotatable bonds is 3. The minimum absolute atomic E-state index is 0.344. The third-order valence-electron chi connectivity index (χ3n) is 3.54. The number of esters is 1. The minimum atomic E-state index is -0.344. The number of ether oxygens (including phenoxy) is 1. The third kappa shape index (κ3) is 3.23. The Morgan fingerprint density at radius 3 is 2.42 bits per heavy atom. The highest BCUT2D eigenvalue weighted by molar-refractivity contribution is 5.89. The quantitative estimate of drug-likeness (QED) is 0.771. The average Bonchev–Trinajstić information content (AvgIpc) is 2.46. The van der Waals surface area contributed by atoms with Gasteiger partial charge in [-0.3, -0.25) is 4.90 Å². The number of carbonyl (C=O) groups excluding carboxylic acids is 1. The van der Waals surface area contributed by atoms with E-state index in [2.05, 4.69) is 33.4 Å². The summed E-state index contributed by atoms with van der Waals surface area (Å²) in [7, 11) is 1.38. The summed E-state index contributed by atoms with van der Waals surface area (Å²) in [4.78, 5) is 20.4. The van der Waals surface area contributed by atoms with Crippen LogP contribution < -0.4 is 4.90 Å². The maximum atomic E-state index is 11.3. The number of hydrogen-bond acceptors (Lipinski definition) is 5. The Hall–Kier alpha value is -1.62. The largest absolute Gasteiger partial charge is 0.465 e. The van der Waals surface area contributed by atoms with E-state index in [4.69, 9.17) is 0 Å². The normalized spacial score (nSPS) is 16.7. The van der Waals surface area contributed by atoms with Crippen LogP contribution in [0, 0.1) is 0 Å². The second-order valence-electron chi connectivity index (χ2n) is 5.01. The van der Waals surface area contributed by atoms with Crippen molar-refractivity contribution in [3.63, 3.8) is 0 Å². The zero-order valence-corrected chi connectivity index (χ0v) is 11.8. The fraction of sp³-hybridized carbons (Fsp3) is 0.571. The first-order chi connectivity index (χ1) is 9.11. The van der Waals surface area contributed by atoms with Gasteiger partial charge in [0.2, 0.25) is 0 Å². The van der Waals surface area contributed by atoms with Gasteiger partial charge in [-0.15, -0.1) is 0 Å². The molecule has 0 N–H and O–H groups in total. The Balaban J connectivity index is 1.98. The Labute approximate surface area is 114 Å². The predicted octanol–water partition coefficient (Wildman–Crippen LogP) is 1.40. The van der Waals surface area contributed by atoms with Gasteiger partial charge in [0.05, 0.1) is 12.7 Å². The molecule has 0 radical (unpaired) electrons. The van der Waals surface area contributed by atoms with Gasteiger partial charge in [-0.2, -0.15) is 0 Å². The highest BCUT2D eigenvalue weighted by Crippen LogP contribution is 2.15. The second-order valence-corrected chi connectivity index (χ2v) is 5.01. The first kappa shape index (κ1) is 13.8. The number of pyridine rings is 1. The summed E-state index contributed by atoms with van der Waals surface area (Å²) in [6.45, 7) is 8.50. The third-order valence-corrected chi connectivity index (χ3v) is 3.54. The summed E-state index contributed by atoms with van der Waals surface area (Å²) < 4.78 is 4.66. The van der Waals surface area contributed by atoms with Crippen molar-refractivity contribution < 1.29 is 9.53 Å². The van der Waals surface area contributed by atoms with Crippen molar-refractivity contribution in [1.29, 1.82) is 0 Å². The van der Waals surface area contributed by atoms with Gasteiger partial charge in [0.25, 0.3) is 0 Å². The summed E-state index contributed by atoms with van der Waals surface area (Å²) in [5.74, 6) is 0.583. The van der Waals surface area contributed by atoms with Gasteiger partial charge in [-0.25, -0.2) is 9.78 Å². The molecule has 0 aliphatic carbocycles. The number of aromatic nitrogens is 1. The van der Waals surface area contributed by atoms with Crippen molar-refractivity contribution in [1.82, 2.24) is 9.88 Å². The highest BCUT2D eigenvalue weighted by atomic mass is 16.5. The van der Waals surface area contributed by atoms with Crippen LogP contribution in [-0.2, 0) is 4.74 Å². The van der Waals surface area contributed by atoms with Crippen LogP contribution in [0.5, 0.6) is 0 Å². The average molecular weight is 263 g/mol. The Bertz CT molecular complexity index is 423. The van der Waals surface area contributed by atoms with Crippen LogP contribution in [0.4, 0.5) is 5.82 Å². The van der Waals surface area contributed by atoms with Crippen molar-refractivity contribution in [2.45, 2.75) is 19.9 Å². The Kier molecular flexibility index (Phi) is 4.37. The van der Waals surface area contributed by atoms with Gasteiger partial charge in [0, 0.05) is 38.4 Å². The molecule has 5 nitrogen and oxygen atoms in total. The maximum absolute atomic E-state index is 11.3. The van der Waals surface area contributed by atoms with Gasteiger partial charge in [-0.05, 0) is 26.0 Å².